The number of halogens is 1. The van der Waals surface area contributed by atoms with Crippen LogP contribution in [0, 0.1) is 12.7 Å². The zero-order valence-electron chi connectivity index (χ0n) is 16.9. The molecule has 31 heavy (non-hydrogen) atoms. The zero-order chi connectivity index (χ0) is 22.1. The number of aromatic nitrogens is 1. The smallest absolute Gasteiger partial charge is 0.326 e. The van der Waals surface area contributed by atoms with Gasteiger partial charge in [-0.25, -0.2) is 4.39 Å². The summed E-state index contributed by atoms with van der Waals surface area (Å²) < 4.78 is 20.2. The molecule has 0 saturated carbocycles. The molecule has 6 nitrogen and oxygen atoms in total. The van der Waals surface area contributed by atoms with Crippen molar-refractivity contribution in [2.24, 2.45) is 0 Å². The predicted molar refractivity (Wildman–Crippen MR) is 117 cm³/mol. The molecule has 2 aromatic carbocycles. The molecule has 158 valence electrons. The molecule has 0 radical (unpaired) electrons. The van der Waals surface area contributed by atoms with Crippen LogP contribution >= 0.6 is 11.3 Å². The zero-order valence-corrected chi connectivity index (χ0v) is 17.7. The first-order valence-electron chi connectivity index (χ1n) is 9.66. The van der Waals surface area contributed by atoms with Gasteiger partial charge in [0, 0.05) is 11.3 Å². The van der Waals surface area contributed by atoms with Crippen LogP contribution in [0.5, 0.6) is 0 Å². The van der Waals surface area contributed by atoms with Crippen molar-refractivity contribution in [2.75, 3.05) is 11.9 Å². The second kappa shape index (κ2) is 8.31. The van der Waals surface area contributed by atoms with Crippen LogP contribution in [-0.4, -0.2) is 23.1 Å². The highest BCUT2D eigenvalue weighted by Crippen LogP contribution is 2.30. The molecule has 0 aliphatic carbocycles. The van der Waals surface area contributed by atoms with Gasteiger partial charge in [-0.2, -0.15) is 0 Å². The molecule has 0 bridgehead atoms. The van der Waals surface area contributed by atoms with Crippen LogP contribution in [0.1, 0.15) is 23.6 Å². The van der Waals surface area contributed by atoms with E-state index in [-0.39, 0.29) is 24.9 Å². The first kappa shape index (κ1) is 20.7. The number of nitrogens with one attached hydrogen (secondary N) is 1. The summed E-state index contributed by atoms with van der Waals surface area (Å²) in [5.74, 6) is -1.29. The minimum atomic E-state index is -0.569. The van der Waals surface area contributed by atoms with Gasteiger partial charge < -0.3 is 10.1 Å². The lowest BCUT2D eigenvalue weighted by atomic mass is 10.1. The third-order valence-electron chi connectivity index (χ3n) is 4.80. The lowest BCUT2D eigenvalue weighted by Gasteiger charge is -2.04. The SMILES string of the molecule is CCOC(=O)Cn1c(=O)/c(=C/c2ccc(F)cc2)s/c1=C1/C(=O)Nc2ccc(C)cc21. The Balaban J connectivity index is 2.00. The largest absolute Gasteiger partial charge is 0.465 e. The van der Waals surface area contributed by atoms with Gasteiger partial charge in [0.15, 0.2) is 0 Å². The molecule has 2 heterocycles. The molecule has 0 atom stereocenters. The van der Waals surface area contributed by atoms with E-state index < -0.39 is 11.5 Å². The number of esters is 1. The maximum Gasteiger partial charge on any atom is 0.326 e. The summed E-state index contributed by atoms with van der Waals surface area (Å²) in [5, 5.41) is 2.81. The molecule has 3 aromatic rings. The first-order valence-corrected chi connectivity index (χ1v) is 10.5. The number of rotatable bonds is 4. The van der Waals surface area contributed by atoms with Gasteiger partial charge in [0.1, 0.15) is 17.0 Å². The Hall–Kier alpha value is -3.52. The molecule has 0 spiro atoms. The molecule has 1 N–H and O–H groups in total. The summed E-state index contributed by atoms with van der Waals surface area (Å²) in [5.41, 5.74) is 2.84. The second-order valence-electron chi connectivity index (χ2n) is 7.04. The molecular formula is C23H19FN2O4S. The van der Waals surface area contributed by atoms with Crippen molar-refractivity contribution in [1.29, 1.82) is 0 Å². The van der Waals surface area contributed by atoms with Gasteiger partial charge in [-0.15, -0.1) is 11.3 Å². The molecule has 1 amide bonds. The van der Waals surface area contributed by atoms with E-state index in [0.29, 0.717) is 31.6 Å². The average Bonchev–Trinajstić information content (AvgIpc) is 3.20. The Kier molecular flexibility index (Phi) is 5.56. The number of amides is 1. The number of aryl methyl sites for hydroxylation is 1. The van der Waals surface area contributed by atoms with E-state index in [9.17, 15) is 18.8 Å². The number of nitrogens with zero attached hydrogens (tertiary/aromatic N) is 1. The molecule has 0 saturated heterocycles. The third-order valence-corrected chi connectivity index (χ3v) is 5.93. The number of hydrogen-bond donors (Lipinski definition) is 1. The Labute approximate surface area is 180 Å². The number of ether oxygens (including phenoxy) is 1. The number of anilines is 1. The Bertz CT molecular complexity index is 1370. The van der Waals surface area contributed by atoms with Crippen molar-refractivity contribution in [2.45, 2.75) is 20.4 Å². The van der Waals surface area contributed by atoms with Gasteiger partial charge in [-0.3, -0.25) is 19.0 Å². The second-order valence-corrected chi connectivity index (χ2v) is 8.07. The number of carbonyl (C=O) groups excluding carboxylic acids is 2. The van der Waals surface area contributed by atoms with E-state index in [1.54, 1.807) is 25.1 Å². The highest BCUT2D eigenvalue weighted by molar-refractivity contribution is 7.07. The standard InChI is InChI=1S/C23H19FN2O4S/c1-3-30-19(27)12-26-22(29)18(11-14-5-7-15(24)8-6-14)31-23(26)20-16-10-13(2)4-9-17(16)25-21(20)28/h4-11H,3,12H2,1-2H3,(H,25,28)/b18-11-,23-20+. The normalized spacial score (nSPS) is 15.1. The molecule has 0 unspecified atom stereocenters. The Morgan fingerprint density at radius 2 is 1.94 bits per heavy atom. The summed E-state index contributed by atoms with van der Waals surface area (Å²) >= 11 is 1.11. The fourth-order valence-electron chi connectivity index (χ4n) is 3.39. The number of hydrogen-bond acceptors (Lipinski definition) is 5. The number of carbonyl (C=O) groups is 2. The van der Waals surface area contributed by atoms with Crippen molar-refractivity contribution in [3.63, 3.8) is 0 Å². The van der Waals surface area contributed by atoms with E-state index in [1.807, 2.05) is 25.1 Å². The van der Waals surface area contributed by atoms with Crippen LogP contribution in [0.25, 0.3) is 11.6 Å². The van der Waals surface area contributed by atoms with Crippen molar-refractivity contribution in [3.05, 3.63) is 84.5 Å². The fraction of sp³-hybridized carbons (Fsp3) is 0.174. The third kappa shape index (κ3) is 4.06. The highest BCUT2D eigenvalue weighted by Gasteiger charge is 2.27. The highest BCUT2D eigenvalue weighted by atomic mass is 32.1. The Morgan fingerprint density at radius 3 is 2.65 bits per heavy atom. The molecule has 1 aromatic heterocycles. The summed E-state index contributed by atoms with van der Waals surface area (Å²) in [6, 6.07) is 11.3. The van der Waals surface area contributed by atoms with E-state index in [0.717, 1.165) is 16.9 Å². The molecule has 4 rings (SSSR count). The summed E-state index contributed by atoms with van der Waals surface area (Å²) in [7, 11) is 0. The van der Waals surface area contributed by atoms with Gasteiger partial charge in [0.2, 0.25) is 0 Å². The van der Waals surface area contributed by atoms with Crippen LogP contribution in [-0.2, 0) is 20.9 Å². The Morgan fingerprint density at radius 1 is 1.19 bits per heavy atom. The first-order chi connectivity index (χ1) is 14.9. The predicted octanol–water partition coefficient (Wildman–Crippen LogP) is 1.90. The molecular weight excluding hydrogens is 419 g/mol. The number of benzene rings is 2. The topological polar surface area (TPSA) is 77.4 Å². The van der Waals surface area contributed by atoms with Gasteiger partial charge >= 0.3 is 5.97 Å². The minimum absolute atomic E-state index is 0.181. The lowest BCUT2D eigenvalue weighted by Crippen LogP contribution is -2.36. The van der Waals surface area contributed by atoms with Crippen LogP contribution < -0.4 is 20.1 Å². The van der Waals surface area contributed by atoms with Crippen LogP contribution in [0.4, 0.5) is 10.1 Å². The van der Waals surface area contributed by atoms with Crippen LogP contribution in [0.15, 0.2) is 47.3 Å². The average molecular weight is 438 g/mol. The van der Waals surface area contributed by atoms with Gasteiger partial charge in [-0.1, -0.05) is 23.8 Å². The van der Waals surface area contributed by atoms with E-state index >= 15 is 0 Å². The molecule has 8 heteroatoms. The van der Waals surface area contributed by atoms with Crippen molar-refractivity contribution < 1.29 is 18.7 Å². The maximum absolute atomic E-state index is 13.2. The molecule has 1 aliphatic heterocycles. The number of fused-ring (bicyclic) bond motifs is 1. The summed E-state index contributed by atoms with van der Waals surface area (Å²) in [4.78, 5) is 38.1. The van der Waals surface area contributed by atoms with Crippen molar-refractivity contribution in [3.8, 4) is 0 Å². The van der Waals surface area contributed by atoms with Gasteiger partial charge in [-0.05, 0) is 49.8 Å². The summed E-state index contributed by atoms with van der Waals surface area (Å²) in [6.07, 6.45) is 1.61. The quantitative estimate of drug-likeness (QED) is 0.632. The molecule has 0 fully saturated rings. The van der Waals surface area contributed by atoms with Gasteiger partial charge in [0.05, 0.1) is 16.7 Å². The number of thiazole rings is 1. The van der Waals surface area contributed by atoms with Crippen LogP contribution in [0.3, 0.4) is 0 Å². The van der Waals surface area contributed by atoms with E-state index in [1.165, 1.54) is 16.7 Å². The fourth-order valence-corrected chi connectivity index (χ4v) is 4.55. The maximum atomic E-state index is 13.2. The minimum Gasteiger partial charge on any atom is -0.465 e. The lowest BCUT2D eigenvalue weighted by molar-refractivity contribution is -0.143. The van der Waals surface area contributed by atoms with Crippen LogP contribution in [0.2, 0.25) is 0 Å². The van der Waals surface area contributed by atoms with Crippen molar-refractivity contribution in [1.82, 2.24) is 4.57 Å². The van der Waals surface area contributed by atoms with Crippen molar-refractivity contribution >= 4 is 40.5 Å². The summed E-state index contributed by atoms with van der Waals surface area (Å²) in [6.45, 7) is 3.46. The van der Waals surface area contributed by atoms with E-state index in [4.69, 9.17) is 4.74 Å². The van der Waals surface area contributed by atoms with E-state index in [2.05, 4.69) is 5.32 Å². The molecule has 1 aliphatic rings. The monoisotopic (exact) mass is 438 g/mol. The van der Waals surface area contributed by atoms with Gasteiger partial charge in [0.25, 0.3) is 11.5 Å².